The molecule has 126 valence electrons. The predicted octanol–water partition coefficient (Wildman–Crippen LogP) is 1.36. The Morgan fingerprint density at radius 3 is 2.92 bits per heavy atom. The molecule has 1 aromatic heterocycles. The number of carbonyl (C=O) groups is 2. The summed E-state index contributed by atoms with van der Waals surface area (Å²) in [5, 5.41) is 4.30. The van der Waals surface area contributed by atoms with Crippen molar-refractivity contribution in [3.8, 4) is 17.4 Å². The van der Waals surface area contributed by atoms with E-state index >= 15 is 0 Å². The fraction of sp³-hybridized carbons (Fsp3) is 0.312. The summed E-state index contributed by atoms with van der Waals surface area (Å²) >= 11 is 0. The molecule has 1 atom stereocenters. The molecular weight excluding hydrogens is 314 g/mol. The van der Waals surface area contributed by atoms with Crippen LogP contribution in [0.2, 0.25) is 0 Å². The van der Waals surface area contributed by atoms with Crippen molar-refractivity contribution in [3.05, 3.63) is 24.4 Å². The number of amides is 2. The zero-order valence-corrected chi connectivity index (χ0v) is 13.1. The van der Waals surface area contributed by atoms with Crippen LogP contribution in [0, 0.1) is 0 Å². The molecule has 0 aliphatic carbocycles. The van der Waals surface area contributed by atoms with Crippen molar-refractivity contribution in [2.24, 2.45) is 5.73 Å². The number of nitrogens with two attached hydrogens (primary N) is 1. The van der Waals surface area contributed by atoms with Gasteiger partial charge in [-0.1, -0.05) is 0 Å². The van der Waals surface area contributed by atoms with Crippen molar-refractivity contribution in [2.45, 2.75) is 18.9 Å². The quantitative estimate of drug-likeness (QED) is 0.855. The fourth-order valence-electron chi connectivity index (χ4n) is 2.60. The standard InChI is InChI=1S/C16H17N3O5/c1-22-12-7-11-9(6-13(12)24-16(17)21)4-5-18-15(11)23-8-10-2-3-14(20)19-10/h4-7,10H,2-3,8H2,1H3,(H2,17,21)(H,19,20)/t10-/m0/s1. The summed E-state index contributed by atoms with van der Waals surface area (Å²) in [5.74, 6) is 1.01. The molecule has 1 aromatic carbocycles. The van der Waals surface area contributed by atoms with E-state index in [0.29, 0.717) is 30.0 Å². The number of fused-ring (bicyclic) bond motifs is 1. The fourth-order valence-corrected chi connectivity index (χ4v) is 2.60. The molecule has 1 fully saturated rings. The number of hydrogen-bond acceptors (Lipinski definition) is 6. The molecule has 2 aromatic rings. The summed E-state index contributed by atoms with van der Waals surface area (Å²) in [6.07, 6.45) is 1.92. The summed E-state index contributed by atoms with van der Waals surface area (Å²) in [6.45, 7) is 0.333. The van der Waals surface area contributed by atoms with Gasteiger partial charge in [0.05, 0.1) is 13.2 Å². The van der Waals surface area contributed by atoms with Gasteiger partial charge in [0.15, 0.2) is 11.5 Å². The maximum Gasteiger partial charge on any atom is 0.410 e. The Labute approximate surface area is 137 Å². The minimum Gasteiger partial charge on any atom is -0.493 e. The van der Waals surface area contributed by atoms with Crippen molar-refractivity contribution < 1.29 is 23.8 Å². The monoisotopic (exact) mass is 331 g/mol. The second-order valence-corrected chi connectivity index (χ2v) is 5.38. The van der Waals surface area contributed by atoms with Gasteiger partial charge in [-0.15, -0.1) is 0 Å². The molecule has 0 spiro atoms. The van der Waals surface area contributed by atoms with E-state index in [1.807, 2.05) is 0 Å². The maximum atomic E-state index is 11.2. The topological polar surface area (TPSA) is 113 Å². The molecule has 0 saturated carbocycles. The first-order chi connectivity index (χ1) is 11.6. The molecule has 3 rings (SSSR count). The number of hydrogen-bond donors (Lipinski definition) is 2. The van der Waals surface area contributed by atoms with Gasteiger partial charge < -0.3 is 25.3 Å². The average molecular weight is 331 g/mol. The van der Waals surface area contributed by atoms with Gasteiger partial charge in [-0.25, -0.2) is 9.78 Å². The van der Waals surface area contributed by atoms with Crippen molar-refractivity contribution in [1.29, 1.82) is 0 Å². The van der Waals surface area contributed by atoms with Crippen molar-refractivity contribution in [3.63, 3.8) is 0 Å². The van der Waals surface area contributed by atoms with Crippen molar-refractivity contribution >= 4 is 22.8 Å². The molecule has 0 bridgehead atoms. The van der Waals surface area contributed by atoms with E-state index < -0.39 is 6.09 Å². The lowest BCUT2D eigenvalue weighted by molar-refractivity contribution is -0.119. The molecule has 1 aliphatic heterocycles. The molecular formula is C16H17N3O5. The predicted molar refractivity (Wildman–Crippen MR) is 85.2 cm³/mol. The number of aromatic nitrogens is 1. The molecule has 0 radical (unpaired) electrons. The lowest BCUT2D eigenvalue weighted by Crippen LogP contribution is -2.31. The first-order valence-electron chi connectivity index (χ1n) is 7.43. The first kappa shape index (κ1) is 15.9. The third-order valence-electron chi connectivity index (χ3n) is 3.73. The molecule has 24 heavy (non-hydrogen) atoms. The van der Waals surface area contributed by atoms with Gasteiger partial charge in [-0.3, -0.25) is 4.79 Å². The molecule has 8 heteroatoms. The van der Waals surface area contributed by atoms with E-state index in [1.165, 1.54) is 7.11 Å². The van der Waals surface area contributed by atoms with Crippen LogP contribution in [0.3, 0.4) is 0 Å². The molecule has 0 unspecified atom stereocenters. The average Bonchev–Trinajstić information content (AvgIpc) is 2.97. The van der Waals surface area contributed by atoms with Gasteiger partial charge in [0, 0.05) is 18.0 Å². The Morgan fingerprint density at radius 1 is 1.42 bits per heavy atom. The van der Waals surface area contributed by atoms with Gasteiger partial charge in [-0.05, 0) is 30.0 Å². The Kier molecular flexibility index (Phi) is 4.37. The van der Waals surface area contributed by atoms with Gasteiger partial charge in [0.25, 0.3) is 0 Å². The third kappa shape index (κ3) is 3.32. The number of benzene rings is 1. The number of methoxy groups -OCH3 is 1. The summed E-state index contributed by atoms with van der Waals surface area (Å²) in [4.78, 5) is 26.5. The van der Waals surface area contributed by atoms with E-state index in [4.69, 9.17) is 19.9 Å². The Balaban J connectivity index is 1.88. The molecule has 1 saturated heterocycles. The molecule has 2 heterocycles. The van der Waals surface area contributed by atoms with Crippen LogP contribution in [0.4, 0.5) is 4.79 Å². The summed E-state index contributed by atoms with van der Waals surface area (Å²) in [7, 11) is 1.46. The summed E-state index contributed by atoms with van der Waals surface area (Å²) < 4.78 is 15.9. The van der Waals surface area contributed by atoms with Crippen LogP contribution in [0.1, 0.15) is 12.8 Å². The molecule has 8 nitrogen and oxygen atoms in total. The lowest BCUT2D eigenvalue weighted by Gasteiger charge is -2.14. The number of rotatable bonds is 5. The summed E-state index contributed by atoms with van der Waals surface area (Å²) in [6, 6.07) is 5.04. The second kappa shape index (κ2) is 6.61. The van der Waals surface area contributed by atoms with Crippen LogP contribution in [0.15, 0.2) is 24.4 Å². The van der Waals surface area contributed by atoms with E-state index in [2.05, 4.69) is 10.3 Å². The van der Waals surface area contributed by atoms with Crippen LogP contribution < -0.4 is 25.3 Å². The SMILES string of the molecule is COc1cc2c(OC[C@@H]3CCC(=O)N3)nccc2cc1OC(N)=O. The third-order valence-corrected chi connectivity index (χ3v) is 3.73. The number of pyridine rings is 1. The highest BCUT2D eigenvalue weighted by Gasteiger charge is 2.22. The lowest BCUT2D eigenvalue weighted by atomic mass is 10.1. The minimum atomic E-state index is -0.921. The highest BCUT2D eigenvalue weighted by Crippen LogP contribution is 2.35. The normalized spacial score (nSPS) is 16.7. The Morgan fingerprint density at radius 2 is 2.25 bits per heavy atom. The van der Waals surface area contributed by atoms with Crippen LogP contribution in [-0.2, 0) is 4.79 Å². The van der Waals surface area contributed by atoms with E-state index in [9.17, 15) is 9.59 Å². The second-order valence-electron chi connectivity index (χ2n) is 5.38. The molecule has 3 N–H and O–H groups in total. The number of primary amides is 1. The van der Waals surface area contributed by atoms with E-state index in [-0.39, 0.29) is 17.7 Å². The summed E-state index contributed by atoms with van der Waals surface area (Å²) in [5.41, 5.74) is 5.06. The molecule has 1 aliphatic rings. The van der Waals surface area contributed by atoms with Crippen LogP contribution in [0.5, 0.6) is 17.4 Å². The van der Waals surface area contributed by atoms with Crippen LogP contribution in [0.25, 0.3) is 10.8 Å². The number of nitrogens with one attached hydrogen (secondary N) is 1. The highest BCUT2D eigenvalue weighted by atomic mass is 16.6. The Bertz CT molecular complexity index is 793. The van der Waals surface area contributed by atoms with Crippen molar-refractivity contribution in [1.82, 2.24) is 10.3 Å². The van der Waals surface area contributed by atoms with Gasteiger partial charge in [0.2, 0.25) is 11.8 Å². The van der Waals surface area contributed by atoms with E-state index in [0.717, 1.165) is 11.8 Å². The van der Waals surface area contributed by atoms with Gasteiger partial charge in [0.1, 0.15) is 6.61 Å². The number of nitrogens with zero attached hydrogens (tertiary/aromatic N) is 1. The van der Waals surface area contributed by atoms with Gasteiger partial charge in [-0.2, -0.15) is 0 Å². The van der Waals surface area contributed by atoms with Crippen LogP contribution >= 0.6 is 0 Å². The van der Waals surface area contributed by atoms with Gasteiger partial charge >= 0.3 is 6.09 Å². The number of ether oxygens (including phenoxy) is 3. The maximum absolute atomic E-state index is 11.2. The largest absolute Gasteiger partial charge is 0.493 e. The smallest absolute Gasteiger partial charge is 0.410 e. The highest BCUT2D eigenvalue weighted by molar-refractivity contribution is 5.90. The van der Waals surface area contributed by atoms with Crippen LogP contribution in [-0.4, -0.2) is 36.7 Å². The Hall–Kier alpha value is -3.03. The van der Waals surface area contributed by atoms with Crippen molar-refractivity contribution in [2.75, 3.05) is 13.7 Å². The number of carbonyl (C=O) groups excluding carboxylic acids is 2. The molecule has 2 amide bonds. The van der Waals surface area contributed by atoms with E-state index in [1.54, 1.807) is 24.4 Å². The zero-order valence-electron chi connectivity index (χ0n) is 13.1. The zero-order chi connectivity index (χ0) is 17.1. The first-order valence-corrected chi connectivity index (χ1v) is 7.43. The minimum absolute atomic E-state index is 0.0195.